The van der Waals surface area contributed by atoms with E-state index in [1.165, 1.54) is 6.07 Å². The van der Waals surface area contributed by atoms with Gasteiger partial charge in [-0.05, 0) is 19.5 Å². The third-order valence-electron chi connectivity index (χ3n) is 2.92. The van der Waals surface area contributed by atoms with Crippen LogP contribution >= 0.6 is 0 Å². The molecule has 0 amide bonds. The fourth-order valence-corrected chi connectivity index (χ4v) is 1.92. The van der Waals surface area contributed by atoms with E-state index >= 15 is 0 Å². The van der Waals surface area contributed by atoms with Crippen molar-refractivity contribution >= 4 is 5.97 Å². The Morgan fingerprint density at radius 3 is 2.56 bits per heavy atom. The normalized spacial score (nSPS) is 14.4. The van der Waals surface area contributed by atoms with Crippen molar-refractivity contribution < 1.29 is 14.3 Å². The lowest BCUT2D eigenvalue weighted by atomic mass is 9.84. The third-order valence-corrected chi connectivity index (χ3v) is 2.92. The van der Waals surface area contributed by atoms with Crippen molar-refractivity contribution in [3.8, 4) is 0 Å². The summed E-state index contributed by atoms with van der Waals surface area (Å²) in [5.41, 5.74) is -0.431. The summed E-state index contributed by atoms with van der Waals surface area (Å²) < 4.78 is 13.7. The van der Waals surface area contributed by atoms with Crippen molar-refractivity contribution in [1.82, 2.24) is 5.32 Å². The number of hydrogen-bond donors (Lipinski definition) is 2. The van der Waals surface area contributed by atoms with Gasteiger partial charge in [-0.15, -0.1) is 0 Å². The van der Waals surface area contributed by atoms with Crippen molar-refractivity contribution in [2.75, 3.05) is 7.05 Å². The number of carboxylic acids is 1. The van der Waals surface area contributed by atoms with Gasteiger partial charge in [-0.1, -0.05) is 25.1 Å². The van der Waals surface area contributed by atoms with Crippen LogP contribution < -0.4 is 5.32 Å². The zero-order valence-corrected chi connectivity index (χ0v) is 9.46. The summed E-state index contributed by atoms with van der Waals surface area (Å²) in [7, 11) is 1.65. The van der Waals surface area contributed by atoms with E-state index in [1.807, 2.05) is 6.92 Å². The highest BCUT2D eigenvalue weighted by Crippen LogP contribution is 2.30. The van der Waals surface area contributed by atoms with Gasteiger partial charge >= 0.3 is 5.97 Å². The maximum Gasteiger partial charge on any atom is 0.305 e. The van der Waals surface area contributed by atoms with Gasteiger partial charge in [0.1, 0.15) is 5.82 Å². The topological polar surface area (TPSA) is 49.3 Å². The number of hydrogen-bond acceptors (Lipinski definition) is 2. The molecule has 0 radical (unpaired) electrons. The summed E-state index contributed by atoms with van der Waals surface area (Å²) in [6.07, 6.45) is 0.373. The van der Waals surface area contributed by atoms with E-state index in [-0.39, 0.29) is 12.2 Å². The lowest BCUT2D eigenvalue weighted by Gasteiger charge is -2.31. The van der Waals surface area contributed by atoms with E-state index in [0.717, 1.165) is 0 Å². The van der Waals surface area contributed by atoms with E-state index in [4.69, 9.17) is 5.11 Å². The average Bonchev–Trinajstić information content (AvgIpc) is 2.26. The zero-order chi connectivity index (χ0) is 12.2. The lowest BCUT2D eigenvalue weighted by Crippen LogP contribution is -2.42. The van der Waals surface area contributed by atoms with E-state index in [2.05, 4.69) is 5.32 Å². The quantitative estimate of drug-likeness (QED) is 0.807. The fraction of sp³-hybridized carbons (Fsp3) is 0.417. The molecular formula is C12H16FNO2. The minimum absolute atomic E-state index is 0.138. The van der Waals surface area contributed by atoms with Crippen molar-refractivity contribution in [3.63, 3.8) is 0 Å². The average molecular weight is 225 g/mol. The van der Waals surface area contributed by atoms with Crippen LogP contribution in [0.15, 0.2) is 24.3 Å². The Balaban J connectivity index is 3.20. The molecule has 1 rings (SSSR count). The van der Waals surface area contributed by atoms with E-state index in [1.54, 1.807) is 25.2 Å². The highest BCUT2D eigenvalue weighted by atomic mass is 19.1. The Morgan fingerprint density at radius 2 is 2.12 bits per heavy atom. The van der Waals surface area contributed by atoms with Gasteiger partial charge in [0, 0.05) is 5.56 Å². The first-order valence-corrected chi connectivity index (χ1v) is 5.21. The summed E-state index contributed by atoms with van der Waals surface area (Å²) in [5.74, 6) is -1.32. The molecule has 0 spiro atoms. The monoisotopic (exact) mass is 225 g/mol. The summed E-state index contributed by atoms with van der Waals surface area (Å²) in [4.78, 5) is 10.9. The molecule has 1 unspecified atom stereocenters. The largest absolute Gasteiger partial charge is 0.481 e. The molecule has 0 bridgehead atoms. The molecule has 0 aliphatic heterocycles. The molecule has 2 N–H and O–H groups in total. The molecular weight excluding hydrogens is 209 g/mol. The van der Waals surface area contributed by atoms with Gasteiger partial charge in [0.05, 0.1) is 12.0 Å². The highest BCUT2D eigenvalue weighted by Gasteiger charge is 2.33. The maximum absolute atomic E-state index is 13.7. The second kappa shape index (κ2) is 5.07. The second-order valence-electron chi connectivity index (χ2n) is 3.74. The molecule has 4 heteroatoms. The van der Waals surface area contributed by atoms with E-state index in [9.17, 15) is 9.18 Å². The number of nitrogens with one attached hydrogen (secondary N) is 1. The molecule has 0 saturated heterocycles. The van der Waals surface area contributed by atoms with Crippen LogP contribution in [0, 0.1) is 5.82 Å². The number of aliphatic carboxylic acids is 1. The van der Waals surface area contributed by atoms with Crippen LogP contribution in [0.3, 0.4) is 0 Å². The molecule has 0 aliphatic rings. The van der Waals surface area contributed by atoms with Crippen LogP contribution in [0.25, 0.3) is 0 Å². The van der Waals surface area contributed by atoms with Gasteiger partial charge in [-0.3, -0.25) is 4.79 Å². The zero-order valence-electron chi connectivity index (χ0n) is 9.46. The summed E-state index contributed by atoms with van der Waals surface area (Å²) >= 11 is 0. The summed E-state index contributed by atoms with van der Waals surface area (Å²) in [6, 6.07) is 6.27. The molecule has 0 saturated carbocycles. The predicted molar refractivity (Wildman–Crippen MR) is 59.7 cm³/mol. The first-order valence-electron chi connectivity index (χ1n) is 5.21. The minimum atomic E-state index is -0.945. The van der Waals surface area contributed by atoms with Crippen molar-refractivity contribution in [3.05, 3.63) is 35.6 Å². The van der Waals surface area contributed by atoms with Crippen molar-refractivity contribution in [2.45, 2.75) is 25.3 Å². The Bertz CT molecular complexity index is 375. The Hall–Kier alpha value is -1.42. The summed E-state index contributed by atoms with van der Waals surface area (Å²) in [6.45, 7) is 1.84. The maximum atomic E-state index is 13.7. The molecule has 1 aromatic rings. The SMILES string of the molecule is CCC(CC(=O)O)(NC)c1ccccc1F. The van der Waals surface area contributed by atoms with Gasteiger partial charge in [0.2, 0.25) is 0 Å². The van der Waals surface area contributed by atoms with Crippen LogP contribution in [0.4, 0.5) is 4.39 Å². The van der Waals surface area contributed by atoms with Gasteiger partial charge in [-0.25, -0.2) is 4.39 Å². The van der Waals surface area contributed by atoms with Gasteiger partial charge in [0.15, 0.2) is 0 Å². The van der Waals surface area contributed by atoms with Gasteiger partial charge < -0.3 is 10.4 Å². The smallest absolute Gasteiger partial charge is 0.305 e. The standard InChI is InChI=1S/C12H16FNO2/c1-3-12(14-2,8-11(15)16)9-6-4-5-7-10(9)13/h4-7,14H,3,8H2,1-2H3,(H,15,16). The van der Waals surface area contributed by atoms with Gasteiger partial charge in [-0.2, -0.15) is 0 Å². The number of carboxylic acid groups (broad SMARTS) is 1. The Labute approximate surface area is 94.3 Å². The van der Waals surface area contributed by atoms with Crippen LogP contribution in [-0.4, -0.2) is 18.1 Å². The van der Waals surface area contributed by atoms with E-state index < -0.39 is 11.5 Å². The second-order valence-corrected chi connectivity index (χ2v) is 3.74. The lowest BCUT2D eigenvalue weighted by molar-refractivity contribution is -0.138. The molecule has 16 heavy (non-hydrogen) atoms. The molecule has 0 fully saturated rings. The minimum Gasteiger partial charge on any atom is -0.481 e. The number of benzene rings is 1. The summed E-state index contributed by atoms with van der Waals surface area (Å²) in [5, 5.41) is 11.8. The molecule has 88 valence electrons. The molecule has 0 aliphatic carbocycles. The first-order chi connectivity index (χ1) is 7.55. The number of rotatable bonds is 5. The first kappa shape index (κ1) is 12.6. The van der Waals surface area contributed by atoms with Gasteiger partial charge in [0.25, 0.3) is 0 Å². The van der Waals surface area contributed by atoms with Crippen LogP contribution in [0.1, 0.15) is 25.3 Å². The highest BCUT2D eigenvalue weighted by molar-refractivity contribution is 5.69. The number of carbonyl (C=O) groups is 1. The fourth-order valence-electron chi connectivity index (χ4n) is 1.92. The molecule has 0 heterocycles. The number of halogens is 1. The molecule has 0 aromatic heterocycles. The van der Waals surface area contributed by atoms with Crippen LogP contribution in [-0.2, 0) is 10.3 Å². The van der Waals surface area contributed by atoms with Crippen LogP contribution in [0.5, 0.6) is 0 Å². The third kappa shape index (κ3) is 2.39. The molecule has 1 aromatic carbocycles. The van der Waals surface area contributed by atoms with Crippen molar-refractivity contribution in [1.29, 1.82) is 0 Å². The van der Waals surface area contributed by atoms with Crippen LogP contribution in [0.2, 0.25) is 0 Å². The Morgan fingerprint density at radius 1 is 1.50 bits per heavy atom. The van der Waals surface area contributed by atoms with E-state index in [0.29, 0.717) is 12.0 Å². The molecule has 1 atom stereocenters. The predicted octanol–water partition coefficient (Wildman–Crippen LogP) is 2.13. The molecule has 3 nitrogen and oxygen atoms in total. The van der Waals surface area contributed by atoms with Crippen molar-refractivity contribution in [2.24, 2.45) is 0 Å². The Kier molecular flexibility index (Phi) is 4.01.